The van der Waals surface area contributed by atoms with E-state index in [0.29, 0.717) is 12.4 Å². The SMILES string of the molecule is CC(C)(c1ccccc1)N(O)[C@H](c1ccco1)[C@@]1(c2ccccc2)CO1. The van der Waals surface area contributed by atoms with E-state index in [1.165, 1.54) is 5.06 Å². The lowest BCUT2D eigenvalue weighted by Crippen LogP contribution is -2.46. The van der Waals surface area contributed by atoms with Crippen molar-refractivity contribution < 1.29 is 14.4 Å². The number of furan rings is 1. The summed E-state index contributed by atoms with van der Waals surface area (Å²) in [5, 5.41) is 12.8. The van der Waals surface area contributed by atoms with Crippen molar-refractivity contribution in [2.45, 2.75) is 31.0 Å². The summed E-state index contributed by atoms with van der Waals surface area (Å²) in [6.07, 6.45) is 1.63. The highest BCUT2D eigenvalue weighted by atomic mass is 16.6. The molecule has 4 rings (SSSR count). The van der Waals surface area contributed by atoms with Gasteiger partial charge in [-0.15, -0.1) is 0 Å². The molecule has 1 aliphatic rings. The van der Waals surface area contributed by atoms with Gasteiger partial charge in [0, 0.05) is 0 Å². The first-order valence-corrected chi connectivity index (χ1v) is 8.82. The molecule has 2 aromatic carbocycles. The van der Waals surface area contributed by atoms with E-state index in [0.717, 1.165) is 11.1 Å². The highest BCUT2D eigenvalue weighted by molar-refractivity contribution is 5.33. The second-order valence-corrected chi connectivity index (χ2v) is 7.23. The molecule has 0 saturated carbocycles. The van der Waals surface area contributed by atoms with Crippen LogP contribution in [-0.4, -0.2) is 16.9 Å². The number of epoxide rings is 1. The summed E-state index contributed by atoms with van der Waals surface area (Å²) >= 11 is 0. The van der Waals surface area contributed by atoms with E-state index < -0.39 is 17.2 Å². The van der Waals surface area contributed by atoms with Gasteiger partial charge in [-0.3, -0.25) is 0 Å². The Morgan fingerprint density at radius 1 is 0.962 bits per heavy atom. The van der Waals surface area contributed by atoms with Gasteiger partial charge in [0.15, 0.2) is 0 Å². The van der Waals surface area contributed by atoms with Crippen LogP contribution in [0.4, 0.5) is 0 Å². The smallest absolute Gasteiger partial charge is 0.141 e. The average molecular weight is 349 g/mol. The van der Waals surface area contributed by atoms with Crippen molar-refractivity contribution in [1.29, 1.82) is 0 Å². The third kappa shape index (κ3) is 2.76. The molecular formula is C22H23NO3. The topological polar surface area (TPSA) is 49.1 Å². The van der Waals surface area contributed by atoms with Crippen LogP contribution in [0.1, 0.15) is 36.8 Å². The lowest BCUT2D eigenvalue weighted by atomic mass is 9.85. The molecule has 2 heterocycles. The van der Waals surface area contributed by atoms with Gasteiger partial charge in [0.2, 0.25) is 0 Å². The summed E-state index contributed by atoms with van der Waals surface area (Å²) in [6.45, 7) is 4.53. The van der Waals surface area contributed by atoms with Crippen LogP contribution in [0, 0.1) is 0 Å². The molecule has 26 heavy (non-hydrogen) atoms. The van der Waals surface area contributed by atoms with Gasteiger partial charge >= 0.3 is 0 Å². The average Bonchev–Trinajstić information content (AvgIpc) is 3.30. The summed E-state index contributed by atoms with van der Waals surface area (Å²) in [6, 6.07) is 23.3. The van der Waals surface area contributed by atoms with Crippen LogP contribution in [0.15, 0.2) is 83.5 Å². The molecule has 1 aliphatic heterocycles. The van der Waals surface area contributed by atoms with Crippen molar-refractivity contribution in [1.82, 2.24) is 5.06 Å². The normalized spacial score (nSPS) is 20.9. The largest absolute Gasteiger partial charge is 0.467 e. The molecular weight excluding hydrogens is 326 g/mol. The maximum Gasteiger partial charge on any atom is 0.141 e. The Morgan fingerprint density at radius 2 is 1.58 bits per heavy atom. The molecule has 0 aliphatic carbocycles. The lowest BCUT2D eigenvalue weighted by molar-refractivity contribution is -0.219. The quantitative estimate of drug-likeness (QED) is 0.509. The highest BCUT2D eigenvalue weighted by Gasteiger charge is 2.59. The molecule has 1 N–H and O–H groups in total. The fourth-order valence-corrected chi connectivity index (χ4v) is 3.58. The fourth-order valence-electron chi connectivity index (χ4n) is 3.58. The zero-order valence-electron chi connectivity index (χ0n) is 15.0. The van der Waals surface area contributed by atoms with Crippen molar-refractivity contribution in [2.75, 3.05) is 6.61 Å². The Bertz CT molecular complexity index is 840. The van der Waals surface area contributed by atoms with Gasteiger partial charge in [-0.05, 0) is 37.1 Å². The minimum absolute atomic E-state index is 0.463. The first kappa shape index (κ1) is 17.0. The van der Waals surface area contributed by atoms with E-state index in [9.17, 15) is 5.21 Å². The predicted octanol–water partition coefficient (Wildman–Crippen LogP) is 4.87. The van der Waals surface area contributed by atoms with Crippen LogP contribution in [-0.2, 0) is 15.9 Å². The van der Waals surface area contributed by atoms with Gasteiger partial charge in [0.1, 0.15) is 17.4 Å². The van der Waals surface area contributed by atoms with Crippen LogP contribution in [0.2, 0.25) is 0 Å². The molecule has 1 aromatic heterocycles. The molecule has 0 radical (unpaired) electrons. The third-order valence-corrected chi connectivity index (χ3v) is 5.27. The zero-order chi connectivity index (χ0) is 18.2. The third-order valence-electron chi connectivity index (χ3n) is 5.27. The van der Waals surface area contributed by atoms with Crippen LogP contribution in [0.5, 0.6) is 0 Å². The maximum absolute atomic E-state index is 11.4. The first-order valence-electron chi connectivity index (χ1n) is 8.82. The van der Waals surface area contributed by atoms with Gasteiger partial charge in [0.05, 0.1) is 18.4 Å². The lowest BCUT2D eigenvalue weighted by Gasteiger charge is -2.41. The number of nitrogens with zero attached hydrogens (tertiary/aromatic N) is 1. The number of benzene rings is 2. The van der Waals surface area contributed by atoms with Crippen LogP contribution >= 0.6 is 0 Å². The molecule has 134 valence electrons. The van der Waals surface area contributed by atoms with E-state index >= 15 is 0 Å². The number of hydrogen-bond acceptors (Lipinski definition) is 4. The maximum atomic E-state index is 11.4. The molecule has 0 spiro atoms. The summed E-state index contributed by atoms with van der Waals surface area (Å²) < 4.78 is 11.7. The first-order chi connectivity index (χ1) is 12.6. The van der Waals surface area contributed by atoms with Gasteiger partial charge in [0.25, 0.3) is 0 Å². The van der Waals surface area contributed by atoms with Crippen molar-refractivity contribution in [3.8, 4) is 0 Å². The van der Waals surface area contributed by atoms with E-state index in [2.05, 4.69) is 0 Å². The molecule has 4 nitrogen and oxygen atoms in total. The molecule has 0 amide bonds. The highest BCUT2D eigenvalue weighted by Crippen LogP contribution is 2.53. The molecule has 1 saturated heterocycles. The Hall–Kier alpha value is -2.40. The summed E-state index contributed by atoms with van der Waals surface area (Å²) in [5.41, 5.74) is 0.791. The molecule has 0 bridgehead atoms. The Labute approximate surface area is 153 Å². The number of ether oxygens (including phenoxy) is 1. The standard InChI is InChI=1S/C22H23NO3/c1-21(2,17-10-5-3-6-11-17)23(24)20(19-14-9-15-25-19)22(16-26-22)18-12-7-4-8-13-18/h3-15,20,24H,16H2,1-2H3/t20-,22+/m1/s1. The van der Waals surface area contributed by atoms with E-state index in [4.69, 9.17) is 9.15 Å². The van der Waals surface area contributed by atoms with Crippen molar-refractivity contribution >= 4 is 0 Å². The van der Waals surface area contributed by atoms with E-state index in [1.807, 2.05) is 86.6 Å². The van der Waals surface area contributed by atoms with Crippen molar-refractivity contribution in [3.63, 3.8) is 0 Å². The van der Waals surface area contributed by atoms with Crippen LogP contribution in [0.3, 0.4) is 0 Å². The Balaban J connectivity index is 1.78. The summed E-state index contributed by atoms with van der Waals surface area (Å²) in [5.74, 6) is 0.679. The van der Waals surface area contributed by atoms with E-state index in [1.54, 1.807) is 6.26 Å². The van der Waals surface area contributed by atoms with Gasteiger partial charge in [-0.25, -0.2) is 0 Å². The number of hydrogen-bond donors (Lipinski definition) is 1. The monoisotopic (exact) mass is 349 g/mol. The van der Waals surface area contributed by atoms with Crippen LogP contribution < -0.4 is 0 Å². The second-order valence-electron chi connectivity index (χ2n) is 7.23. The summed E-state index contributed by atoms with van der Waals surface area (Å²) in [7, 11) is 0. The van der Waals surface area contributed by atoms with Crippen LogP contribution in [0.25, 0.3) is 0 Å². The van der Waals surface area contributed by atoms with E-state index in [-0.39, 0.29) is 0 Å². The molecule has 0 unspecified atom stereocenters. The molecule has 3 aromatic rings. The molecule has 4 heteroatoms. The fraction of sp³-hybridized carbons (Fsp3) is 0.273. The Kier molecular flexibility index (Phi) is 4.19. The minimum atomic E-state index is -0.632. The minimum Gasteiger partial charge on any atom is -0.467 e. The van der Waals surface area contributed by atoms with Crippen molar-refractivity contribution in [3.05, 3.63) is 95.9 Å². The van der Waals surface area contributed by atoms with Gasteiger partial charge in [-0.1, -0.05) is 60.7 Å². The molecule has 2 atom stereocenters. The zero-order valence-corrected chi connectivity index (χ0v) is 15.0. The Morgan fingerprint density at radius 3 is 2.12 bits per heavy atom. The molecule has 1 fully saturated rings. The number of hydroxylamine groups is 2. The van der Waals surface area contributed by atoms with Crippen molar-refractivity contribution in [2.24, 2.45) is 0 Å². The predicted molar refractivity (Wildman–Crippen MR) is 98.6 cm³/mol. The number of rotatable bonds is 6. The summed E-state index contributed by atoms with van der Waals surface area (Å²) in [4.78, 5) is 0. The van der Waals surface area contributed by atoms with Gasteiger partial charge < -0.3 is 14.4 Å². The second kappa shape index (κ2) is 6.40. The van der Waals surface area contributed by atoms with Gasteiger partial charge in [-0.2, -0.15) is 5.06 Å².